The predicted octanol–water partition coefficient (Wildman–Crippen LogP) is 2.58. The summed E-state index contributed by atoms with van der Waals surface area (Å²) >= 11 is 0. The Morgan fingerprint density at radius 2 is 2.06 bits per heavy atom. The van der Waals surface area contributed by atoms with Crippen LogP contribution in [0.15, 0.2) is 18.2 Å². The fraction of sp³-hybridized carbons (Fsp3) is 0.571. The molecule has 1 rings (SSSR count). The van der Waals surface area contributed by atoms with Crippen molar-refractivity contribution in [2.75, 3.05) is 32.7 Å². The van der Waals surface area contributed by atoms with Gasteiger partial charge in [-0.1, -0.05) is 6.07 Å². The van der Waals surface area contributed by atoms with Crippen molar-refractivity contribution in [2.24, 2.45) is 0 Å². The van der Waals surface area contributed by atoms with Crippen molar-refractivity contribution in [1.82, 2.24) is 5.32 Å². The lowest BCUT2D eigenvalue weighted by atomic mass is 10.0. The van der Waals surface area contributed by atoms with Gasteiger partial charge in [-0.05, 0) is 33.0 Å². The highest BCUT2D eigenvalue weighted by Crippen LogP contribution is 2.29. The van der Waals surface area contributed by atoms with Crippen molar-refractivity contribution in [1.29, 1.82) is 0 Å². The molecule has 0 saturated heterocycles. The number of anilines is 1. The van der Waals surface area contributed by atoms with E-state index < -0.39 is 0 Å². The summed E-state index contributed by atoms with van der Waals surface area (Å²) in [6.45, 7) is 4.62. The zero-order valence-corrected chi connectivity index (χ0v) is 11.8. The third-order valence-electron chi connectivity index (χ3n) is 3.34. The lowest BCUT2D eigenvalue weighted by Crippen LogP contribution is -2.34. The summed E-state index contributed by atoms with van der Waals surface area (Å²) < 4.78 is 19.2. The molecule has 0 aliphatic heterocycles. The normalized spacial score (nSPS) is 14.3. The van der Waals surface area contributed by atoms with Gasteiger partial charge in [-0.15, -0.1) is 0 Å². The van der Waals surface area contributed by atoms with E-state index in [-0.39, 0.29) is 17.9 Å². The standard InChI is InChI=1S/C14H23FN2O/c1-10(9-18-5)17(4)13-8-6-7-12(15)14(13)11(2)16-3/h6-8,10-11,16H,9H2,1-5H3. The molecule has 0 amide bonds. The van der Waals surface area contributed by atoms with Crippen molar-refractivity contribution in [3.63, 3.8) is 0 Å². The van der Waals surface area contributed by atoms with E-state index in [9.17, 15) is 4.39 Å². The average molecular weight is 254 g/mol. The first-order valence-corrected chi connectivity index (χ1v) is 6.20. The van der Waals surface area contributed by atoms with Crippen LogP contribution in [0.3, 0.4) is 0 Å². The van der Waals surface area contributed by atoms with Crippen LogP contribution in [-0.4, -0.2) is 33.9 Å². The molecule has 1 aromatic carbocycles. The van der Waals surface area contributed by atoms with E-state index in [2.05, 4.69) is 17.1 Å². The molecule has 0 aliphatic carbocycles. The van der Waals surface area contributed by atoms with Gasteiger partial charge >= 0.3 is 0 Å². The van der Waals surface area contributed by atoms with Gasteiger partial charge in [0.05, 0.1) is 6.61 Å². The largest absolute Gasteiger partial charge is 0.383 e. The maximum Gasteiger partial charge on any atom is 0.130 e. The summed E-state index contributed by atoms with van der Waals surface area (Å²) in [4.78, 5) is 2.05. The van der Waals surface area contributed by atoms with E-state index in [4.69, 9.17) is 4.74 Å². The molecule has 0 fully saturated rings. The van der Waals surface area contributed by atoms with E-state index >= 15 is 0 Å². The lowest BCUT2D eigenvalue weighted by molar-refractivity contribution is 0.183. The number of methoxy groups -OCH3 is 1. The maximum atomic E-state index is 14.0. The number of halogens is 1. The maximum absolute atomic E-state index is 14.0. The van der Waals surface area contributed by atoms with Crippen molar-refractivity contribution in [2.45, 2.75) is 25.9 Å². The third-order valence-corrected chi connectivity index (χ3v) is 3.34. The monoisotopic (exact) mass is 254 g/mol. The summed E-state index contributed by atoms with van der Waals surface area (Å²) in [5.74, 6) is -0.175. The Morgan fingerprint density at radius 1 is 1.39 bits per heavy atom. The Kier molecular flexibility index (Phi) is 5.56. The lowest BCUT2D eigenvalue weighted by Gasteiger charge is -2.30. The molecule has 3 nitrogen and oxygen atoms in total. The second-order valence-electron chi connectivity index (χ2n) is 4.60. The van der Waals surface area contributed by atoms with Crippen molar-refractivity contribution in [3.8, 4) is 0 Å². The minimum atomic E-state index is -0.175. The third kappa shape index (κ3) is 3.21. The van der Waals surface area contributed by atoms with Crippen LogP contribution in [0.4, 0.5) is 10.1 Å². The fourth-order valence-electron chi connectivity index (χ4n) is 2.00. The Hall–Kier alpha value is -1.13. The number of likely N-dealkylation sites (N-methyl/N-ethyl adjacent to an activating group) is 1. The van der Waals surface area contributed by atoms with Crippen molar-refractivity contribution in [3.05, 3.63) is 29.6 Å². The Bertz CT molecular complexity index is 384. The summed E-state index contributed by atoms with van der Waals surface area (Å²) in [7, 11) is 5.47. The molecule has 2 unspecified atom stereocenters. The first kappa shape index (κ1) is 14.9. The smallest absolute Gasteiger partial charge is 0.130 e. The van der Waals surface area contributed by atoms with E-state index in [1.54, 1.807) is 13.2 Å². The summed E-state index contributed by atoms with van der Waals surface area (Å²) in [5.41, 5.74) is 1.60. The molecule has 0 radical (unpaired) electrons. The molecule has 102 valence electrons. The number of benzene rings is 1. The van der Waals surface area contributed by atoms with Gasteiger partial charge in [0, 0.05) is 37.5 Å². The topological polar surface area (TPSA) is 24.5 Å². The molecule has 4 heteroatoms. The molecule has 1 N–H and O–H groups in total. The zero-order chi connectivity index (χ0) is 13.7. The van der Waals surface area contributed by atoms with E-state index in [1.165, 1.54) is 6.07 Å². The predicted molar refractivity (Wildman–Crippen MR) is 73.6 cm³/mol. The first-order chi connectivity index (χ1) is 8.52. The second-order valence-corrected chi connectivity index (χ2v) is 4.60. The first-order valence-electron chi connectivity index (χ1n) is 6.20. The molecule has 0 aliphatic rings. The number of ether oxygens (including phenoxy) is 1. The highest BCUT2D eigenvalue weighted by molar-refractivity contribution is 5.55. The molecule has 0 aromatic heterocycles. The van der Waals surface area contributed by atoms with Crippen LogP contribution in [-0.2, 0) is 4.74 Å². The van der Waals surface area contributed by atoms with Crippen LogP contribution in [0, 0.1) is 5.82 Å². The Morgan fingerprint density at radius 3 is 2.61 bits per heavy atom. The fourth-order valence-corrected chi connectivity index (χ4v) is 2.00. The molecule has 0 heterocycles. The summed E-state index contributed by atoms with van der Waals surface area (Å²) in [5, 5.41) is 3.09. The number of hydrogen-bond donors (Lipinski definition) is 1. The van der Waals surface area contributed by atoms with Crippen LogP contribution in [0.1, 0.15) is 25.5 Å². The van der Waals surface area contributed by atoms with Gasteiger partial charge in [0.1, 0.15) is 5.82 Å². The molecular weight excluding hydrogens is 231 g/mol. The summed E-state index contributed by atoms with van der Waals surface area (Å²) in [6, 6.07) is 5.35. The molecule has 0 spiro atoms. The van der Waals surface area contributed by atoms with Gasteiger partial charge in [0.25, 0.3) is 0 Å². The molecule has 0 saturated carbocycles. The Labute approximate surface area is 109 Å². The summed E-state index contributed by atoms with van der Waals surface area (Å²) in [6.07, 6.45) is 0. The highest BCUT2D eigenvalue weighted by atomic mass is 19.1. The molecule has 18 heavy (non-hydrogen) atoms. The van der Waals surface area contributed by atoms with Crippen LogP contribution >= 0.6 is 0 Å². The molecule has 0 bridgehead atoms. The zero-order valence-electron chi connectivity index (χ0n) is 11.8. The highest BCUT2D eigenvalue weighted by Gasteiger charge is 2.19. The van der Waals surface area contributed by atoms with E-state index in [1.807, 2.05) is 27.1 Å². The quantitative estimate of drug-likeness (QED) is 0.844. The van der Waals surface area contributed by atoms with Crippen molar-refractivity contribution >= 4 is 5.69 Å². The van der Waals surface area contributed by atoms with Crippen molar-refractivity contribution < 1.29 is 9.13 Å². The number of nitrogens with one attached hydrogen (secondary N) is 1. The Balaban J connectivity index is 3.11. The van der Waals surface area contributed by atoms with E-state index in [0.717, 1.165) is 5.69 Å². The SMILES string of the molecule is CNC(C)c1c(F)cccc1N(C)C(C)COC. The molecular formula is C14H23FN2O. The van der Waals surface area contributed by atoms with Crippen LogP contribution in [0.25, 0.3) is 0 Å². The van der Waals surface area contributed by atoms with Gasteiger partial charge in [0.15, 0.2) is 0 Å². The van der Waals surface area contributed by atoms with Gasteiger partial charge in [-0.25, -0.2) is 4.39 Å². The van der Waals surface area contributed by atoms with Crippen LogP contribution in [0.2, 0.25) is 0 Å². The van der Waals surface area contributed by atoms with E-state index in [0.29, 0.717) is 12.2 Å². The van der Waals surface area contributed by atoms with Gasteiger partial charge in [-0.3, -0.25) is 0 Å². The number of rotatable bonds is 6. The number of hydrogen-bond acceptors (Lipinski definition) is 3. The van der Waals surface area contributed by atoms with Crippen LogP contribution in [0.5, 0.6) is 0 Å². The molecule has 1 aromatic rings. The van der Waals surface area contributed by atoms with Gasteiger partial charge < -0.3 is 15.0 Å². The van der Waals surface area contributed by atoms with Gasteiger partial charge in [-0.2, -0.15) is 0 Å². The van der Waals surface area contributed by atoms with Gasteiger partial charge in [0.2, 0.25) is 0 Å². The van der Waals surface area contributed by atoms with Crippen LogP contribution < -0.4 is 10.2 Å². The average Bonchev–Trinajstić information content (AvgIpc) is 2.37. The molecule has 2 atom stereocenters. The minimum Gasteiger partial charge on any atom is -0.383 e. The minimum absolute atomic E-state index is 0.0293. The second kappa shape index (κ2) is 6.71. The number of nitrogens with zero attached hydrogens (tertiary/aromatic N) is 1.